The summed E-state index contributed by atoms with van der Waals surface area (Å²) in [6.45, 7) is 6.82. The molecule has 4 rings (SSSR count). The monoisotopic (exact) mass is 411 g/mol. The Morgan fingerprint density at radius 1 is 1.17 bits per heavy atom. The number of amides is 2. The second-order valence-electron chi connectivity index (χ2n) is 8.82. The highest BCUT2D eigenvalue weighted by Gasteiger charge is 2.58. The number of aromatic nitrogens is 3. The fourth-order valence-electron chi connectivity index (χ4n) is 4.60. The third-order valence-corrected chi connectivity index (χ3v) is 6.21. The number of likely N-dealkylation sites (tertiary alicyclic amines) is 2. The van der Waals surface area contributed by atoms with E-state index in [1.165, 1.54) is 0 Å². The van der Waals surface area contributed by atoms with E-state index in [2.05, 4.69) is 10.2 Å². The number of benzene rings is 1. The van der Waals surface area contributed by atoms with Gasteiger partial charge in [-0.25, -0.2) is 0 Å². The summed E-state index contributed by atoms with van der Waals surface area (Å²) in [5, 5.41) is 8.34. The molecule has 8 heteroatoms. The van der Waals surface area contributed by atoms with Crippen LogP contribution >= 0.6 is 0 Å². The number of hydrogen-bond donors (Lipinski definition) is 0. The third kappa shape index (κ3) is 3.84. The molecule has 2 aromatic rings. The van der Waals surface area contributed by atoms with Crippen molar-refractivity contribution >= 4 is 11.8 Å². The van der Waals surface area contributed by atoms with E-state index in [9.17, 15) is 9.59 Å². The standard InChI is InChI=1S/C22H29N5O3/c1-16(2)21(29)26-9-18(20-24-23-15-25(20)3)22(12-26)13-27(14-22)19(28)11-30-10-17-7-5-4-6-8-17/h4-8,15-16,18H,9-14H2,1-3H3. The van der Waals surface area contributed by atoms with Crippen molar-refractivity contribution in [3.05, 3.63) is 48.0 Å². The average molecular weight is 412 g/mol. The van der Waals surface area contributed by atoms with Crippen LogP contribution in [-0.4, -0.2) is 69.2 Å². The van der Waals surface area contributed by atoms with Gasteiger partial charge in [0.2, 0.25) is 11.8 Å². The number of carbonyl (C=O) groups excluding carboxylic acids is 2. The molecule has 1 spiro atoms. The first-order valence-electron chi connectivity index (χ1n) is 10.4. The first-order chi connectivity index (χ1) is 14.4. The van der Waals surface area contributed by atoms with E-state index in [0.717, 1.165) is 11.4 Å². The summed E-state index contributed by atoms with van der Waals surface area (Å²) in [5.74, 6) is 1.03. The molecule has 8 nitrogen and oxygen atoms in total. The largest absolute Gasteiger partial charge is 0.367 e. The normalized spacial score (nSPS) is 20.1. The van der Waals surface area contributed by atoms with Crippen LogP contribution in [0.1, 0.15) is 31.2 Å². The molecule has 2 amide bonds. The van der Waals surface area contributed by atoms with Gasteiger partial charge in [-0.2, -0.15) is 0 Å². The molecule has 1 unspecified atom stereocenters. The van der Waals surface area contributed by atoms with Gasteiger partial charge in [0, 0.05) is 50.5 Å². The van der Waals surface area contributed by atoms with Crippen LogP contribution in [0.4, 0.5) is 0 Å². The van der Waals surface area contributed by atoms with Gasteiger partial charge >= 0.3 is 0 Å². The van der Waals surface area contributed by atoms with Crippen molar-refractivity contribution < 1.29 is 14.3 Å². The van der Waals surface area contributed by atoms with Crippen LogP contribution in [0.15, 0.2) is 36.7 Å². The molecule has 0 saturated carbocycles. The fourth-order valence-corrected chi connectivity index (χ4v) is 4.60. The van der Waals surface area contributed by atoms with Crippen molar-refractivity contribution in [2.45, 2.75) is 26.4 Å². The number of carbonyl (C=O) groups is 2. The number of hydrogen-bond acceptors (Lipinski definition) is 5. The molecule has 1 aromatic heterocycles. The Balaban J connectivity index is 1.39. The highest BCUT2D eigenvalue weighted by molar-refractivity contribution is 5.80. The molecule has 2 aliphatic heterocycles. The summed E-state index contributed by atoms with van der Waals surface area (Å²) in [6.07, 6.45) is 1.69. The summed E-state index contributed by atoms with van der Waals surface area (Å²) in [4.78, 5) is 29.0. The molecule has 0 radical (unpaired) electrons. The highest BCUT2D eigenvalue weighted by atomic mass is 16.5. The molecule has 0 bridgehead atoms. The molecule has 0 aliphatic carbocycles. The Labute approximate surface area is 176 Å². The van der Waals surface area contributed by atoms with E-state index >= 15 is 0 Å². The highest BCUT2D eigenvalue weighted by Crippen LogP contribution is 2.48. The van der Waals surface area contributed by atoms with Crippen molar-refractivity contribution in [1.82, 2.24) is 24.6 Å². The maximum absolute atomic E-state index is 12.6. The molecule has 2 aliphatic rings. The van der Waals surface area contributed by atoms with Gasteiger partial charge in [-0.15, -0.1) is 10.2 Å². The number of aryl methyl sites for hydroxylation is 1. The van der Waals surface area contributed by atoms with Crippen LogP contribution in [0, 0.1) is 11.3 Å². The Morgan fingerprint density at radius 3 is 2.50 bits per heavy atom. The number of ether oxygens (including phenoxy) is 1. The van der Waals surface area contributed by atoms with Crippen molar-refractivity contribution in [1.29, 1.82) is 0 Å². The molecule has 30 heavy (non-hydrogen) atoms. The SMILES string of the molecule is CC(C)C(=O)N1CC(c2nncn2C)C2(CN(C(=O)COCc3ccccc3)C2)C1. The minimum atomic E-state index is -0.166. The third-order valence-electron chi connectivity index (χ3n) is 6.21. The Bertz CT molecular complexity index is 905. The second kappa shape index (κ2) is 8.18. The van der Waals surface area contributed by atoms with Crippen LogP contribution in [0.2, 0.25) is 0 Å². The van der Waals surface area contributed by atoms with Crippen LogP contribution in [-0.2, 0) is 28.0 Å². The lowest BCUT2D eigenvalue weighted by molar-refractivity contribution is -0.149. The fraction of sp³-hybridized carbons (Fsp3) is 0.545. The van der Waals surface area contributed by atoms with Gasteiger partial charge in [-0.3, -0.25) is 9.59 Å². The zero-order valence-electron chi connectivity index (χ0n) is 17.8. The van der Waals surface area contributed by atoms with Crippen LogP contribution in [0.3, 0.4) is 0 Å². The lowest BCUT2D eigenvalue weighted by Crippen LogP contribution is -2.62. The minimum Gasteiger partial charge on any atom is -0.367 e. The number of nitrogens with zero attached hydrogens (tertiary/aromatic N) is 5. The van der Waals surface area contributed by atoms with Gasteiger partial charge in [0.05, 0.1) is 6.61 Å². The summed E-state index contributed by atoms with van der Waals surface area (Å²) < 4.78 is 7.54. The van der Waals surface area contributed by atoms with Crippen molar-refractivity contribution in [2.24, 2.45) is 18.4 Å². The topological polar surface area (TPSA) is 80.6 Å². The maximum Gasteiger partial charge on any atom is 0.248 e. The van der Waals surface area contributed by atoms with Crippen molar-refractivity contribution in [3.63, 3.8) is 0 Å². The van der Waals surface area contributed by atoms with Gasteiger partial charge in [0.25, 0.3) is 0 Å². The minimum absolute atomic E-state index is 0.0121. The Kier molecular flexibility index (Phi) is 5.60. The maximum atomic E-state index is 12.6. The molecule has 3 heterocycles. The van der Waals surface area contributed by atoms with Crippen LogP contribution in [0.5, 0.6) is 0 Å². The van der Waals surface area contributed by atoms with E-state index < -0.39 is 0 Å². The lowest BCUT2D eigenvalue weighted by atomic mass is 9.71. The van der Waals surface area contributed by atoms with E-state index in [1.54, 1.807) is 6.33 Å². The molecule has 0 N–H and O–H groups in total. The van der Waals surface area contributed by atoms with Gasteiger partial charge in [0.1, 0.15) is 18.8 Å². The van der Waals surface area contributed by atoms with Crippen LogP contribution < -0.4 is 0 Å². The van der Waals surface area contributed by atoms with E-state index in [1.807, 2.05) is 65.6 Å². The first kappa shape index (κ1) is 20.5. The van der Waals surface area contributed by atoms with Gasteiger partial charge in [0.15, 0.2) is 0 Å². The van der Waals surface area contributed by atoms with Gasteiger partial charge < -0.3 is 19.1 Å². The Morgan fingerprint density at radius 2 is 1.87 bits per heavy atom. The predicted molar refractivity (Wildman–Crippen MR) is 110 cm³/mol. The molecular formula is C22H29N5O3. The summed E-state index contributed by atoms with van der Waals surface area (Å²) in [5.41, 5.74) is 0.881. The molecule has 160 valence electrons. The van der Waals surface area contributed by atoms with Gasteiger partial charge in [-0.1, -0.05) is 44.2 Å². The summed E-state index contributed by atoms with van der Waals surface area (Å²) in [6, 6.07) is 9.82. The summed E-state index contributed by atoms with van der Waals surface area (Å²) in [7, 11) is 1.93. The molecule has 1 atom stereocenters. The van der Waals surface area contributed by atoms with Gasteiger partial charge in [-0.05, 0) is 5.56 Å². The lowest BCUT2D eigenvalue weighted by Gasteiger charge is -2.50. The Hall–Kier alpha value is -2.74. The van der Waals surface area contributed by atoms with Crippen LogP contribution in [0.25, 0.3) is 0 Å². The summed E-state index contributed by atoms with van der Waals surface area (Å²) >= 11 is 0. The first-order valence-corrected chi connectivity index (χ1v) is 10.4. The van der Waals surface area contributed by atoms with E-state index in [4.69, 9.17) is 4.74 Å². The molecular weight excluding hydrogens is 382 g/mol. The second-order valence-corrected chi connectivity index (χ2v) is 8.82. The molecule has 2 fully saturated rings. The zero-order chi connectivity index (χ0) is 21.3. The van der Waals surface area contributed by atoms with Crippen molar-refractivity contribution in [2.75, 3.05) is 32.8 Å². The van der Waals surface area contributed by atoms with E-state index in [-0.39, 0.29) is 35.7 Å². The zero-order valence-corrected chi connectivity index (χ0v) is 17.8. The average Bonchev–Trinajstić information content (AvgIpc) is 3.30. The molecule has 1 aromatic carbocycles. The quantitative estimate of drug-likeness (QED) is 0.719. The smallest absolute Gasteiger partial charge is 0.248 e. The number of rotatable bonds is 6. The molecule has 2 saturated heterocycles. The predicted octanol–water partition coefficient (Wildman–Crippen LogP) is 1.44. The van der Waals surface area contributed by atoms with Crippen molar-refractivity contribution in [3.8, 4) is 0 Å². The van der Waals surface area contributed by atoms with E-state index in [0.29, 0.717) is 32.8 Å².